The summed E-state index contributed by atoms with van der Waals surface area (Å²) in [6.45, 7) is 1.84. The van der Waals surface area contributed by atoms with Crippen molar-refractivity contribution in [1.29, 1.82) is 0 Å². The summed E-state index contributed by atoms with van der Waals surface area (Å²) in [5.41, 5.74) is 1.01. The van der Waals surface area contributed by atoms with E-state index in [2.05, 4.69) is 4.72 Å². The Labute approximate surface area is 126 Å². The first-order valence-electron chi connectivity index (χ1n) is 6.83. The second-order valence-corrected chi connectivity index (χ2v) is 8.98. The fourth-order valence-corrected chi connectivity index (χ4v) is 4.54. The van der Waals surface area contributed by atoms with Crippen LogP contribution in [0.15, 0.2) is 24.3 Å². The van der Waals surface area contributed by atoms with Gasteiger partial charge in [-0.15, -0.1) is 0 Å². The Morgan fingerprint density at radius 1 is 1.14 bits per heavy atom. The molecular formula is C13H20N2O4S2. The minimum atomic E-state index is -3.33. The summed E-state index contributed by atoms with van der Waals surface area (Å²) in [6.07, 6.45) is 3.38. The van der Waals surface area contributed by atoms with Crippen LogP contribution >= 0.6 is 0 Å². The highest BCUT2D eigenvalue weighted by molar-refractivity contribution is 7.92. The van der Waals surface area contributed by atoms with E-state index in [-0.39, 0.29) is 11.8 Å². The second kappa shape index (κ2) is 5.84. The molecule has 0 heterocycles. The van der Waals surface area contributed by atoms with E-state index in [1.54, 1.807) is 24.3 Å². The number of sulfonamides is 2. The zero-order valence-corrected chi connectivity index (χ0v) is 13.7. The normalized spacial score (nSPS) is 15.7. The predicted molar refractivity (Wildman–Crippen MR) is 84.5 cm³/mol. The number of nitrogens with zero attached hydrogens (tertiary/aromatic N) is 1. The third-order valence-corrected chi connectivity index (χ3v) is 5.70. The van der Waals surface area contributed by atoms with Crippen molar-refractivity contribution >= 4 is 31.4 Å². The second-order valence-electron chi connectivity index (χ2n) is 5.26. The molecule has 0 aliphatic heterocycles. The Morgan fingerprint density at radius 3 is 2.14 bits per heavy atom. The molecule has 1 aromatic rings. The van der Waals surface area contributed by atoms with Crippen LogP contribution < -0.4 is 9.03 Å². The standard InChI is InChI=1S/C13H20N2O4S2/c1-3-10-21(18,19)15(13-8-9-13)12-6-4-11(5-7-12)14-20(2,16)17/h4-7,13-14H,3,8-10H2,1-2H3. The van der Waals surface area contributed by atoms with Crippen molar-refractivity contribution in [2.75, 3.05) is 21.0 Å². The summed E-state index contributed by atoms with van der Waals surface area (Å²) < 4.78 is 50.8. The summed E-state index contributed by atoms with van der Waals surface area (Å²) >= 11 is 0. The molecule has 0 saturated heterocycles. The molecule has 0 bridgehead atoms. The average molecular weight is 332 g/mol. The summed E-state index contributed by atoms with van der Waals surface area (Å²) in [7, 11) is -6.65. The Balaban J connectivity index is 2.26. The van der Waals surface area contributed by atoms with Gasteiger partial charge in [0.05, 0.1) is 17.7 Å². The first-order chi connectivity index (χ1) is 9.73. The van der Waals surface area contributed by atoms with Gasteiger partial charge in [0.15, 0.2) is 0 Å². The van der Waals surface area contributed by atoms with Crippen LogP contribution in [0, 0.1) is 0 Å². The van der Waals surface area contributed by atoms with E-state index in [0.717, 1.165) is 19.1 Å². The van der Waals surface area contributed by atoms with E-state index in [0.29, 0.717) is 17.8 Å². The van der Waals surface area contributed by atoms with Gasteiger partial charge in [-0.2, -0.15) is 0 Å². The van der Waals surface area contributed by atoms with Crippen LogP contribution in [0.2, 0.25) is 0 Å². The van der Waals surface area contributed by atoms with Gasteiger partial charge in [-0.1, -0.05) is 6.92 Å². The molecule has 0 radical (unpaired) electrons. The van der Waals surface area contributed by atoms with Crippen molar-refractivity contribution in [3.8, 4) is 0 Å². The average Bonchev–Trinajstić information content (AvgIpc) is 3.13. The molecule has 118 valence electrons. The lowest BCUT2D eigenvalue weighted by Gasteiger charge is -2.24. The number of benzene rings is 1. The van der Waals surface area contributed by atoms with Crippen LogP contribution in [0.3, 0.4) is 0 Å². The van der Waals surface area contributed by atoms with Gasteiger partial charge in [-0.3, -0.25) is 9.03 Å². The number of anilines is 2. The molecule has 8 heteroatoms. The molecule has 1 fully saturated rings. The number of nitrogens with one attached hydrogen (secondary N) is 1. The maximum Gasteiger partial charge on any atom is 0.235 e. The maximum absolute atomic E-state index is 12.3. The Kier molecular flexibility index (Phi) is 4.48. The topological polar surface area (TPSA) is 83.6 Å². The van der Waals surface area contributed by atoms with E-state index in [4.69, 9.17) is 0 Å². The van der Waals surface area contributed by atoms with Gasteiger partial charge in [0, 0.05) is 11.7 Å². The summed E-state index contributed by atoms with van der Waals surface area (Å²) in [6, 6.07) is 6.47. The molecule has 21 heavy (non-hydrogen) atoms. The van der Waals surface area contributed by atoms with Gasteiger partial charge in [-0.25, -0.2) is 16.8 Å². The SMILES string of the molecule is CCCS(=O)(=O)N(c1ccc(NS(C)(=O)=O)cc1)C1CC1. The molecule has 6 nitrogen and oxygen atoms in total. The van der Waals surface area contributed by atoms with Crippen LogP contribution in [-0.4, -0.2) is 34.9 Å². The molecule has 1 N–H and O–H groups in total. The van der Waals surface area contributed by atoms with Crippen molar-refractivity contribution in [3.63, 3.8) is 0 Å². The maximum atomic E-state index is 12.3. The largest absolute Gasteiger partial charge is 0.284 e. The van der Waals surface area contributed by atoms with Crippen molar-refractivity contribution in [2.45, 2.75) is 32.2 Å². The summed E-state index contributed by atoms with van der Waals surface area (Å²) in [4.78, 5) is 0. The van der Waals surface area contributed by atoms with Crippen molar-refractivity contribution in [3.05, 3.63) is 24.3 Å². The lowest BCUT2D eigenvalue weighted by atomic mass is 10.3. The molecule has 0 atom stereocenters. The first-order valence-corrected chi connectivity index (χ1v) is 10.3. The van der Waals surface area contributed by atoms with Gasteiger partial charge in [-0.05, 0) is 43.5 Å². The Morgan fingerprint density at radius 2 is 1.71 bits per heavy atom. The molecule has 0 amide bonds. The summed E-state index contributed by atoms with van der Waals surface area (Å²) in [5.74, 6) is 0.118. The van der Waals surface area contributed by atoms with Crippen molar-refractivity contribution in [1.82, 2.24) is 0 Å². The monoisotopic (exact) mass is 332 g/mol. The van der Waals surface area contributed by atoms with Crippen LogP contribution in [0.25, 0.3) is 0 Å². The van der Waals surface area contributed by atoms with Crippen molar-refractivity contribution in [2.24, 2.45) is 0 Å². The van der Waals surface area contributed by atoms with Gasteiger partial charge in [0.25, 0.3) is 0 Å². The van der Waals surface area contributed by atoms with Gasteiger partial charge >= 0.3 is 0 Å². The highest BCUT2D eigenvalue weighted by atomic mass is 32.2. The lowest BCUT2D eigenvalue weighted by molar-refractivity contribution is 0.588. The molecule has 1 aromatic carbocycles. The van der Waals surface area contributed by atoms with E-state index < -0.39 is 20.0 Å². The van der Waals surface area contributed by atoms with Crippen LogP contribution in [-0.2, 0) is 20.0 Å². The molecule has 1 aliphatic carbocycles. The molecule has 1 aliphatic rings. The fourth-order valence-electron chi connectivity index (χ4n) is 2.15. The molecule has 2 rings (SSSR count). The van der Waals surface area contributed by atoms with Crippen LogP contribution in [0.4, 0.5) is 11.4 Å². The minimum Gasteiger partial charge on any atom is -0.284 e. The van der Waals surface area contributed by atoms with E-state index in [9.17, 15) is 16.8 Å². The van der Waals surface area contributed by atoms with Gasteiger partial charge < -0.3 is 0 Å². The highest BCUT2D eigenvalue weighted by Gasteiger charge is 2.36. The number of hydrogen-bond acceptors (Lipinski definition) is 4. The third-order valence-electron chi connectivity index (χ3n) is 3.07. The number of rotatable bonds is 7. The Bertz CT molecular complexity index is 692. The predicted octanol–water partition coefficient (Wildman–Crippen LogP) is 1.77. The minimum absolute atomic E-state index is 0.0373. The first kappa shape index (κ1) is 16.1. The van der Waals surface area contributed by atoms with E-state index >= 15 is 0 Å². The van der Waals surface area contributed by atoms with Crippen LogP contribution in [0.1, 0.15) is 26.2 Å². The summed E-state index contributed by atoms with van der Waals surface area (Å²) in [5, 5.41) is 0. The molecule has 0 unspecified atom stereocenters. The van der Waals surface area contributed by atoms with Gasteiger partial charge in [0.1, 0.15) is 0 Å². The highest BCUT2D eigenvalue weighted by Crippen LogP contribution is 2.35. The zero-order chi connectivity index (χ0) is 15.7. The quantitative estimate of drug-likeness (QED) is 0.825. The third kappa shape index (κ3) is 4.34. The fraction of sp³-hybridized carbons (Fsp3) is 0.538. The van der Waals surface area contributed by atoms with E-state index in [1.807, 2.05) is 6.92 Å². The van der Waals surface area contributed by atoms with E-state index in [1.165, 1.54) is 4.31 Å². The van der Waals surface area contributed by atoms with Gasteiger partial charge in [0.2, 0.25) is 20.0 Å². The van der Waals surface area contributed by atoms with Crippen molar-refractivity contribution < 1.29 is 16.8 Å². The number of hydrogen-bond donors (Lipinski definition) is 1. The molecular weight excluding hydrogens is 312 g/mol. The molecule has 1 saturated carbocycles. The Hall–Kier alpha value is -1.28. The van der Waals surface area contributed by atoms with Crippen LogP contribution in [0.5, 0.6) is 0 Å². The zero-order valence-electron chi connectivity index (χ0n) is 12.1. The molecule has 0 aromatic heterocycles. The smallest absolute Gasteiger partial charge is 0.235 e. The lowest BCUT2D eigenvalue weighted by Crippen LogP contribution is -2.34. The molecule has 0 spiro atoms.